The quantitative estimate of drug-likeness (QED) is 0.270. The van der Waals surface area contributed by atoms with Gasteiger partial charge in [0.05, 0.1) is 19.1 Å². The van der Waals surface area contributed by atoms with Crippen molar-refractivity contribution in [2.24, 2.45) is 5.92 Å². The van der Waals surface area contributed by atoms with Crippen LogP contribution in [0.2, 0.25) is 0 Å². The molecule has 14 heteroatoms. The molecular formula is C28H30F6N2O6. The van der Waals surface area contributed by atoms with Gasteiger partial charge in [-0.15, -0.1) is 13.2 Å². The second kappa shape index (κ2) is 13.1. The standard InChI is InChI=1S/C28H30F6N2O6/c1-2-39-26(38)20-4-3-10-35(14-20)15-25(37)36-11-9-19-13-21(6-7-22(19)36)40-16-18-5-8-23(41-17-27(29,30)31)24(12-18)42-28(32,33)34/h5-8,12-13,20H,2-4,9-11,14-17H2,1H3/t20-/m1/s1. The zero-order valence-electron chi connectivity index (χ0n) is 22.7. The van der Waals surface area contributed by atoms with Crippen LogP contribution in [-0.4, -0.2) is 68.7 Å². The molecule has 0 spiro atoms. The average Bonchev–Trinajstić information content (AvgIpc) is 3.34. The number of ether oxygens (including phenoxy) is 4. The van der Waals surface area contributed by atoms with E-state index in [9.17, 15) is 35.9 Å². The Labute approximate surface area is 238 Å². The molecule has 0 N–H and O–H groups in total. The van der Waals surface area contributed by atoms with Gasteiger partial charge >= 0.3 is 18.5 Å². The number of piperidine rings is 1. The Kier molecular flexibility index (Phi) is 9.74. The summed E-state index contributed by atoms with van der Waals surface area (Å²) >= 11 is 0. The molecule has 2 aromatic rings. The maximum atomic E-state index is 13.1. The minimum Gasteiger partial charge on any atom is -0.489 e. The lowest BCUT2D eigenvalue weighted by Gasteiger charge is -2.32. The predicted octanol–water partition coefficient (Wildman–Crippen LogP) is 5.27. The number of hydrogen-bond acceptors (Lipinski definition) is 7. The number of benzene rings is 2. The van der Waals surface area contributed by atoms with E-state index < -0.39 is 30.6 Å². The van der Waals surface area contributed by atoms with Crippen molar-refractivity contribution < 1.29 is 54.9 Å². The van der Waals surface area contributed by atoms with Gasteiger partial charge in [-0.2, -0.15) is 13.2 Å². The molecule has 4 rings (SSSR count). The molecule has 0 aliphatic carbocycles. The lowest BCUT2D eigenvalue weighted by Crippen LogP contribution is -2.45. The second-order valence-electron chi connectivity index (χ2n) is 9.93. The first kappa shape index (κ1) is 31.3. The van der Waals surface area contributed by atoms with Gasteiger partial charge in [-0.3, -0.25) is 14.5 Å². The third-order valence-corrected chi connectivity index (χ3v) is 6.76. The summed E-state index contributed by atoms with van der Waals surface area (Å²) in [6.45, 7) is 1.88. The number of carbonyl (C=O) groups is 2. The highest BCUT2D eigenvalue weighted by atomic mass is 19.4. The molecule has 1 fully saturated rings. The van der Waals surface area contributed by atoms with Crippen molar-refractivity contribution in [3.8, 4) is 17.2 Å². The van der Waals surface area contributed by atoms with Crippen LogP contribution in [0.5, 0.6) is 17.2 Å². The number of nitrogens with zero attached hydrogens (tertiary/aromatic N) is 2. The van der Waals surface area contributed by atoms with Crippen molar-refractivity contribution >= 4 is 17.6 Å². The van der Waals surface area contributed by atoms with E-state index in [4.69, 9.17) is 9.47 Å². The molecule has 8 nitrogen and oxygen atoms in total. The molecule has 2 aliphatic rings. The topological polar surface area (TPSA) is 77.5 Å². The monoisotopic (exact) mass is 604 g/mol. The number of alkyl halides is 6. The van der Waals surface area contributed by atoms with Crippen molar-refractivity contribution in [3.63, 3.8) is 0 Å². The van der Waals surface area contributed by atoms with Gasteiger partial charge in [0.25, 0.3) is 0 Å². The average molecular weight is 605 g/mol. The molecule has 0 saturated carbocycles. The van der Waals surface area contributed by atoms with E-state index in [1.54, 1.807) is 30.0 Å². The minimum absolute atomic E-state index is 0.100. The summed E-state index contributed by atoms with van der Waals surface area (Å²) in [5.41, 5.74) is 1.77. The van der Waals surface area contributed by atoms with E-state index in [1.807, 2.05) is 4.90 Å². The van der Waals surface area contributed by atoms with Crippen LogP contribution in [0.3, 0.4) is 0 Å². The van der Waals surface area contributed by atoms with E-state index in [-0.39, 0.29) is 36.5 Å². The molecular weight excluding hydrogens is 574 g/mol. The molecule has 0 radical (unpaired) electrons. The summed E-state index contributed by atoms with van der Waals surface area (Å²) in [5, 5.41) is 0. The third kappa shape index (κ3) is 8.66. The molecule has 0 aromatic heterocycles. The molecule has 1 amide bonds. The van der Waals surface area contributed by atoms with Crippen LogP contribution in [0.4, 0.5) is 32.0 Å². The second-order valence-corrected chi connectivity index (χ2v) is 9.93. The Morgan fingerprint density at radius 3 is 2.48 bits per heavy atom. The zero-order valence-corrected chi connectivity index (χ0v) is 22.7. The van der Waals surface area contributed by atoms with Crippen LogP contribution in [0, 0.1) is 5.92 Å². The van der Waals surface area contributed by atoms with Crippen molar-refractivity contribution in [2.75, 3.05) is 44.3 Å². The summed E-state index contributed by atoms with van der Waals surface area (Å²) in [5.74, 6) is -1.83. The van der Waals surface area contributed by atoms with Gasteiger partial charge in [-0.1, -0.05) is 6.07 Å². The molecule has 0 bridgehead atoms. The summed E-state index contributed by atoms with van der Waals surface area (Å²) in [6.07, 6.45) is -7.80. The lowest BCUT2D eigenvalue weighted by molar-refractivity contribution is -0.275. The van der Waals surface area contributed by atoms with Crippen LogP contribution < -0.4 is 19.1 Å². The van der Waals surface area contributed by atoms with E-state index >= 15 is 0 Å². The first-order valence-electron chi connectivity index (χ1n) is 13.3. The molecule has 230 valence electrons. The van der Waals surface area contributed by atoms with Gasteiger partial charge in [0.2, 0.25) is 5.91 Å². The largest absolute Gasteiger partial charge is 0.573 e. The van der Waals surface area contributed by atoms with Crippen LogP contribution >= 0.6 is 0 Å². The molecule has 2 aliphatic heterocycles. The van der Waals surface area contributed by atoms with Crippen molar-refractivity contribution in [3.05, 3.63) is 47.5 Å². The first-order chi connectivity index (χ1) is 19.8. The highest BCUT2D eigenvalue weighted by Gasteiger charge is 2.34. The maximum Gasteiger partial charge on any atom is 0.573 e. The molecule has 1 saturated heterocycles. The number of esters is 1. The molecule has 2 aromatic carbocycles. The van der Waals surface area contributed by atoms with Crippen molar-refractivity contribution in [1.29, 1.82) is 0 Å². The fourth-order valence-electron chi connectivity index (χ4n) is 4.95. The summed E-state index contributed by atoms with van der Waals surface area (Å²) < 4.78 is 95.1. The van der Waals surface area contributed by atoms with Crippen molar-refractivity contribution in [1.82, 2.24) is 4.90 Å². The minimum atomic E-state index is -5.14. The molecule has 0 unspecified atom stereocenters. The normalized spacial score (nSPS) is 17.5. The molecule has 1 atom stereocenters. The number of anilines is 1. The number of carbonyl (C=O) groups excluding carboxylic acids is 2. The van der Waals surface area contributed by atoms with Gasteiger partial charge in [-0.05, 0) is 74.2 Å². The van der Waals surface area contributed by atoms with E-state index in [0.717, 1.165) is 36.2 Å². The Morgan fingerprint density at radius 1 is 0.976 bits per heavy atom. The first-order valence-corrected chi connectivity index (χ1v) is 13.3. The number of hydrogen-bond donors (Lipinski definition) is 0. The lowest BCUT2D eigenvalue weighted by atomic mass is 9.98. The fraction of sp³-hybridized carbons (Fsp3) is 0.500. The predicted molar refractivity (Wildman–Crippen MR) is 137 cm³/mol. The SMILES string of the molecule is CCOC(=O)[C@@H]1CCCN(CC(=O)N2CCc3cc(OCc4ccc(OCC(F)(F)F)c(OC(F)(F)F)c4)ccc32)C1. The van der Waals surface area contributed by atoms with E-state index in [1.165, 1.54) is 6.07 Å². The van der Waals surface area contributed by atoms with E-state index in [0.29, 0.717) is 38.4 Å². The van der Waals surface area contributed by atoms with Gasteiger partial charge in [0, 0.05) is 18.8 Å². The summed E-state index contributed by atoms with van der Waals surface area (Å²) in [4.78, 5) is 28.9. The molecule has 42 heavy (non-hydrogen) atoms. The Morgan fingerprint density at radius 2 is 1.76 bits per heavy atom. The summed E-state index contributed by atoms with van der Waals surface area (Å²) in [7, 11) is 0. The highest BCUT2D eigenvalue weighted by Crippen LogP contribution is 2.35. The Balaban J connectivity index is 1.37. The molecule has 2 heterocycles. The summed E-state index contributed by atoms with van der Waals surface area (Å²) in [6, 6.07) is 8.20. The number of fused-ring (bicyclic) bond motifs is 1. The van der Waals surface area contributed by atoms with Gasteiger partial charge in [0.1, 0.15) is 12.4 Å². The number of rotatable bonds is 10. The van der Waals surface area contributed by atoms with Crippen LogP contribution in [0.25, 0.3) is 0 Å². The third-order valence-electron chi connectivity index (χ3n) is 6.76. The number of amides is 1. The van der Waals surface area contributed by atoms with Crippen LogP contribution in [-0.2, 0) is 27.4 Å². The van der Waals surface area contributed by atoms with Gasteiger partial charge in [-0.25, -0.2) is 0 Å². The van der Waals surface area contributed by atoms with Gasteiger partial charge < -0.3 is 23.8 Å². The van der Waals surface area contributed by atoms with Crippen molar-refractivity contribution in [2.45, 2.75) is 45.3 Å². The Hall–Kier alpha value is -3.68. The van der Waals surface area contributed by atoms with Crippen LogP contribution in [0.1, 0.15) is 30.9 Å². The van der Waals surface area contributed by atoms with Gasteiger partial charge in [0.15, 0.2) is 18.1 Å². The zero-order chi connectivity index (χ0) is 30.5. The Bertz CT molecular complexity index is 1270. The number of likely N-dealkylation sites (tertiary alicyclic amines) is 1. The maximum absolute atomic E-state index is 13.1. The van der Waals surface area contributed by atoms with E-state index in [2.05, 4.69) is 9.47 Å². The highest BCUT2D eigenvalue weighted by molar-refractivity contribution is 5.97. The fourth-order valence-corrected chi connectivity index (χ4v) is 4.95. The number of halogens is 6. The smallest absolute Gasteiger partial charge is 0.489 e. The van der Waals surface area contributed by atoms with Crippen LogP contribution in [0.15, 0.2) is 36.4 Å².